The minimum absolute atomic E-state index is 0.0897. The molecule has 0 aliphatic carbocycles. The Morgan fingerprint density at radius 3 is 2.64 bits per heavy atom. The topological polar surface area (TPSA) is 122 Å². The summed E-state index contributed by atoms with van der Waals surface area (Å²) in [6, 6.07) is 4.27. The van der Waals surface area contributed by atoms with Crippen LogP contribution in [0.4, 0.5) is 11.4 Å². The average molecular weight is 414 g/mol. The number of nitro benzene ring substituents is 1. The molecule has 1 amide bonds. The molecule has 1 aliphatic heterocycles. The molecule has 1 aliphatic rings. The number of benzene rings is 1. The third-order valence-electron chi connectivity index (χ3n) is 4.46. The summed E-state index contributed by atoms with van der Waals surface area (Å²) in [6.07, 6.45) is 1.20. The Hall–Kier alpha value is -2.24. The van der Waals surface area contributed by atoms with Crippen molar-refractivity contribution < 1.29 is 22.9 Å². The average Bonchev–Trinajstić information content (AvgIpc) is 2.65. The van der Waals surface area contributed by atoms with Crippen molar-refractivity contribution in [3.05, 3.63) is 34.4 Å². The van der Waals surface area contributed by atoms with Gasteiger partial charge >= 0.3 is 0 Å². The maximum absolute atomic E-state index is 12.7. The van der Waals surface area contributed by atoms with Crippen molar-refractivity contribution >= 4 is 27.3 Å². The fraction of sp³-hybridized carbons (Fsp3) is 0.588. The number of sulfonamides is 1. The normalized spacial score (nSPS) is 16.4. The summed E-state index contributed by atoms with van der Waals surface area (Å²) in [5, 5.41) is 13.8. The molecule has 1 saturated heterocycles. The van der Waals surface area contributed by atoms with Crippen LogP contribution in [0.2, 0.25) is 0 Å². The highest BCUT2D eigenvalue weighted by molar-refractivity contribution is 7.92. The summed E-state index contributed by atoms with van der Waals surface area (Å²) in [6.45, 7) is 5.59. The molecule has 28 heavy (non-hydrogen) atoms. The predicted molar refractivity (Wildman–Crippen MR) is 105 cm³/mol. The summed E-state index contributed by atoms with van der Waals surface area (Å²) in [4.78, 5) is 25.3. The number of rotatable bonds is 9. The van der Waals surface area contributed by atoms with Gasteiger partial charge in [-0.15, -0.1) is 0 Å². The summed E-state index contributed by atoms with van der Waals surface area (Å²) in [5.41, 5.74) is -0.152. The molecule has 1 aromatic rings. The lowest BCUT2D eigenvalue weighted by molar-refractivity contribution is -0.384. The molecule has 0 radical (unpaired) electrons. The zero-order valence-electron chi connectivity index (χ0n) is 16.0. The Morgan fingerprint density at radius 1 is 1.39 bits per heavy atom. The lowest BCUT2D eigenvalue weighted by atomic mass is 10.2. The molecule has 1 atom stereocenters. The molecule has 10 nitrogen and oxygen atoms in total. The largest absolute Gasteiger partial charge is 0.379 e. The Bertz CT molecular complexity index is 795. The molecular formula is C17H26N4O6S. The van der Waals surface area contributed by atoms with Crippen LogP contribution in [0.25, 0.3) is 0 Å². The summed E-state index contributed by atoms with van der Waals surface area (Å²) in [7, 11) is -3.84. The first-order valence-corrected chi connectivity index (χ1v) is 10.9. The molecule has 11 heteroatoms. The molecule has 2 rings (SSSR count). The first-order valence-electron chi connectivity index (χ1n) is 9.05. The number of non-ortho nitro benzene ring substituents is 1. The molecule has 1 aromatic carbocycles. The maximum Gasteiger partial charge on any atom is 0.271 e. The van der Waals surface area contributed by atoms with E-state index in [1.807, 2.05) is 0 Å². The molecule has 0 spiro atoms. The second-order valence-electron chi connectivity index (χ2n) is 6.50. The van der Waals surface area contributed by atoms with E-state index in [-0.39, 0.29) is 17.8 Å². The van der Waals surface area contributed by atoms with Crippen molar-refractivity contribution in [1.29, 1.82) is 0 Å². The zero-order valence-corrected chi connectivity index (χ0v) is 16.9. The van der Waals surface area contributed by atoms with Gasteiger partial charge in [0, 0.05) is 38.3 Å². The van der Waals surface area contributed by atoms with Crippen molar-refractivity contribution in [2.24, 2.45) is 0 Å². The number of hydrogen-bond acceptors (Lipinski definition) is 7. The summed E-state index contributed by atoms with van der Waals surface area (Å²) >= 11 is 0. The van der Waals surface area contributed by atoms with Gasteiger partial charge in [-0.2, -0.15) is 0 Å². The van der Waals surface area contributed by atoms with Gasteiger partial charge in [0.05, 0.1) is 30.1 Å². The number of amides is 1. The van der Waals surface area contributed by atoms with E-state index in [1.54, 1.807) is 6.92 Å². The predicted octanol–water partition coefficient (Wildman–Crippen LogP) is 0.588. The van der Waals surface area contributed by atoms with Crippen molar-refractivity contribution in [2.75, 3.05) is 50.0 Å². The van der Waals surface area contributed by atoms with Gasteiger partial charge < -0.3 is 10.1 Å². The summed E-state index contributed by atoms with van der Waals surface area (Å²) in [5.74, 6) is -0.437. The second kappa shape index (κ2) is 9.80. The Kier molecular flexibility index (Phi) is 7.72. The Morgan fingerprint density at radius 2 is 2.07 bits per heavy atom. The van der Waals surface area contributed by atoms with Gasteiger partial charge in [-0.3, -0.25) is 24.1 Å². The first kappa shape index (κ1) is 22.1. The fourth-order valence-electron chi connectivity index (χ4n) is 3.08. The standard InChI is InChI=1S/C17H26N4O6S/c1-3-16(17(22)18-7-8-19-9-11-27-12-10-19)20(28(2,25)26)14-5-4-6-15(13-14)21(23)24/h4-6,13,16H,3,7-12H2,1-2H3,(H,18,22)/t16-/m0/s1. The van der Waals surface area contributed by atoms with Crippen LogP contribution in [-0.2, 0) is 19.6 Å². The number of nitrogens with one attached hydrogen (secondary N) is 1. The smallest absolute Gasteiger partial charge is 0.271 e. The van der Waals surface area contributed by atoms with Gasteiger partial charge in [0.1, 0.15) is 6.04 Å². The van der Waals surface area contributed by atoms with Crippen molar-refractivity contribution in [2.45, 2.75) is 19.4 Å². The molecule has 0 aromatic heterocycles. The van der Waals surface area contributed by atoms with Gasteiger partial charge in [-0.05, 0) is 12.5 Å². The van der Waals surface area contributed by atoms with E-state index in [0.717, 1.165) is 29.7 Å². The minimum Gasteiger partial charge on any atom is -0.379 e. The van der Waals surface area contributed by atoms with Crippen LogP contribution in [0, 0.1) is 10.1 Å². The van der Waals surface area contributed by atoms with Gasteiger partial charge in [-0.25, -0.2) is 8.42 Å². The van der Waals surface area contributed by atoms with E-state index < -0.39 is 26.9 Å². The molecule has 1 fully saturated rings. The van der Waals surface area contributed by atoms with E-state index in [1.165, 1.54) is 18.2 Å². The van der Waals surface area contributed by atoms with Gasteiger partial charge in [0.15, 0.2) is 0 Å². The van der Waals surface area contributed by atoms with Gasteiger partial charge in [0.25, 0.3) is 5.69 Å². The van der Waals surface area contributed by atoms with Crippen LogP contribution in [0.15, 0.2) is 24.3 Å². The molecular weight excluding hydrogens is 388 g/mol. The van der Waals surface area contributed by atoms with Crippen molar-refractivity contribution in [3.63, 3.8) is 0 Å². The number of nitro groups is 1. The lowest BCUT2D eigenvalue weighted by Crippen LogP contribution is -2.50. The maximum atomic E-state index is 12.7. The molecule has 0 saturated carbocycles. The van der Waals surface area contributed by atoms with Crippen molar-refractivity contribution in [3.8, 4) is 0 Å². The zero-order chi connectivity index (χ0) is 20.7. The van der Waals surface area contributed by atoms with Crippen molar-refractivity contribution in [1.82, 2.24) is 10.2 Å². The highest BCUT2D eigenvalue weighted by atomic mass is 32.2. The van der Waals surface area contributed by atoms with Crippen LogP contribution in [-0.4, -0.2) is 75.8 Å². The van der Waals surface area contributed by atoms with Crippen LogP contribution >= 0.6 is 0 Å². The SMILES string of the molecule is CC[C@@H](C(=O)NCCN1CCOCC1)N(c1cccc([N+](=O)[O-])c1)S(C)(=O)=O. The van der Waals surface area contributed by atoms with Gasteiger partial charge in [-0.1, -0.05) is 13.0 Å². The summed E-state index contributed by atoms with van der Waals surface area (Å²) < 4.78 is 31.0. The number of anilines is 1. The van der Waals surface area contributed by atoms with Crippen LogP contribution < -0.4 is 9.62 Å². The van der Waals surface area contributed by atoms with E-state index in [4.69, 9.17) is 4.74 Å². The first-order chi connectivity index (χ1) is 13.2. The van der Waals surface area contributed by atoms with Crippen LogP contribution in [0.1, 0.15) is 13.3 Å². The van der Waals surface area contributed by atoms with Crippen LogP contribution in [0.5, 0.6) is 0 Å². The Balaban J connectivity index is 2.14. The number of hydrogen-bond donors (Lipinski definition) is 1. The quantitative estimate of drug-likeness (QED) is 0.463. The fourth-order valence-corrected chi connectivity index (χ4v) is 4.29. The third kappa shape index (κ3) is 5.88. The van der Waals surface area contributed by atoms with E-state index in [9.17, 15) is 23.3 Å². The van der Waals surface area contributed by atoms with E-state index in [2.05, 4.69) is 10.2 Å². The monoisotopic (exact) mass is 414 g/mol. The lowest BCUT2D eigenvalue weighted by Gasteiger charge is -2.30. The number of carbonyl (C=O) groups excluding carboxylic acids is 1. The number of nitrogens with zero attached hydrogens (tertiary/aromatic N) is 3. The molecule has 0 unspecified atom stereocenters. The molecule has 156 valence electrons. The molecule has 0 bridgehead atoms. The van der Waals surface area contributed by atoms with E-state index >= 15 is 0 Å². The second-order valence-corrected chi connectivity index (χ2v) is 8.36. The van der Waals surface area contributed by atoms with E-state index in [0.29, 0.717) is 26.3 Å². The Labute approximate surface area is 164 Å². The number of morpholine rings is 1. The third-order valence-corrected chi connectivity index (χ3v) is 5.64. The van der Waals surface area contributed by atoms with Gasteiger partial charge in [0.2, 0.25) is 15.9 Å². The number of carbonyl (C=O) groups is 1. The highest BCUT2D eigenvalue weighted by Crippen LogP contribution is 2.26. The minimum atomic E-state index is -3.84. The number of ether oxygens (including phenoxy) is 1. The molecule has 1 N–H and O–H groups in total. The van der Waals surface area contributed by atoms with Crippen LogP contribution in [0.3, 0.4) is 0 Å². The molecule has 1 heterocycles. The highest BCUT2D eigenvalue weighted by Gasteiger charge is 2.32.